The Labute approximate surface area is 162 Å². The van der Waals surface area contributed by atoms with Crippen molar-refractivity contribution in [3.05, 3.63) is 53.1 Å². The number of hydrogen-bond donors (Lipinski definition) is 0. The number of methoxy groups -OCH3 is 2. The molecule has 0 aromatic heterocycles. The van der Waals surface area contributed by atoms with Crippen LogP contribution in [0.4, 0.5) is 8.78 Å². The van der Waals surface area contributed by atoms with E-state index in [0.29, 0.717) is 17.9 Å². The van der Waals surface area contributed by atoms with Crippen LogP contribution in [0.15, 0.2) is 36.4 Å². The molecule has 1 amide bonds. The highest BCUT2D eigenvalue weighted by Gasteiger charge is 2.33. The molecule has 0 heterocycles. The minimum Gasteiger partial charge on any atom is -0.496 e. The van der Waals surface area contributed by atoms with Gasteiger partial charge in [-0.2, -0.15) is 8.78 Å². The number of carbonyl (C=O) groups excluding carboxylic acids is 1. The molecule has 0 atom stereocenters. The van der Waals surface area contributed by atoms with Gasteiger partial charge in [0, 0.05) is 18.2 Å². The van der Waals surface area contributed by atoms with Crippen molar-refractivity contribution in [1.29, 1.82) is 0 Å². The summed E-state index contributed by atoms with van der Waals surface area (Å²) in [6, 6.07) is 10.3. The van der Waals surface area contributed by atoms with E-state index in [1.54, 1.807) is 36.3 Å². The van der Waals surface area contributed by atoms with E-state index in [-0.39, 0.29) is 23.4 Å². The third-order valence-corrected chi connectivity index (χ3v) is 4.70. The maximum Gasteiger partial charge on any atom is 0.387 e. The first-order chi connectivity index (χ1) is 13.4. The first-order valence-corrected chi connectivity index (χ1v) is 9.00. The summed E-state index contributed by atoms with van der Waals surface area (Å²) in [5.41, 5.74) is 2.29. The smallest absolute Gasteiger partial charge is 0.387 e. The molecule has 0 N–H and O–H groups in total. The van der Waals surface area contributed by atoms with E-state index in [4.69, 9.17) is 9.47 Å². The van der Waals surface area contributed by atoms with Crippen LogP contribution < -0.4 is 14.2 Å². The maximum atomic E-state index is 13.1. The third-order valence-electron chi connectivity index (χ3n) is 4.70. The summed E-state index contributed by atoms with van der Waals surface area (Å²) in [5.74, 6) is 0.747. The zero-order valence-corrected chi connectivity index (χ0v) is 16.1. The summed E-state index contributed by atoms with van der Waals surface area (Å²) in [6.45, 7) is -0.660. The van der Waals surface area contributed by atoms with Gasteiger partial charge in [-0.05, 0) is 55.2 Å². The summed E-state index contributed by atoms with van der Waals surface area (Å²) in [7, 11) is 2.96. The van der Waals surface area contributed by atoms with Gasteiger partial charge in [-0.3, -0.25) is 4.79 Å². The van der Waals surface area contributed by atoms with Crippen LogP contribution >= 0.6 is 0 Å². The van der Waals surface area contributed by atoms with E-state index in [2.05, 4.69) is 4.74 Å². The van der Waals surface area contributed by atoms with E-state index < -0.39 is 6.61 Å². The molecule has 0 aliphatic heterocycles. The molecule has 1 fully saturated rings. The molecule has 28 heavy (non-hydrogen) atoms. The van der Waals surface area contributed by atoms with Crippen LogP contribution in [-0.2, 0) is 6.54 Å². The fourth-order valence-electron chi connectivity index (χ4n) is 3.07. The number of carbonyl (C=O) groups is 1. The third kappa shape index (κ3) is 4.52. The molecular formula is C21H23F2NO4. The molecule has 0 saturated heterocycles. The molecule has 0 unspecified atom stereocenters. The summed E-state index contributed by atoms with van der Waals surface area (Å²) in [6.07, 6.45) is 1.89. The first-order valence-electron chi connectivity index (χ1n) is 9.00. The zero-order chi connectivity index (χ0) is 20.3. The monoisotopic (exact) mass is 391 g/mol. The number of halogens is 2. The number of nitrogens with zero attached hydrogens (tertiary/aromatic N) is 1. The fourth-order valence-corrected chi connectivity index (χ4v) is 3.07. The SMILES string of the molecule is COc1cc(C(=O)N(Cc2ccc(OC(F)F)c(OC)c2)C2CC2)ccc1C. The summed E-state index contributed by atoms with van der Waals surface area (Å²) in [4.78, 5) is 14.9. The van der Waals surface area contributed by atoms with Gasteiger partial charge in [0.05, 0.1) is 14.2 Å². The Bertz CT molecular complexity index is 852. The van der Waals surface area contributed by atoms with Crippen LogP contribution in [-0.4, -0.2) is 37.7 Å². The number of hydrogen-bond acceptors (Lipinski definition) is 4. The van der Waals surface area contributed by atoms with Gasteiger partial charge in [0.2, 0.25) is 0 Å². The van der Waals surface area contributed by atoms with Crippen molar-refractivity contribution < 1.29 is 27.8 Å². The molecule has 0 spiro atoms. The number of amides is 1. The Morgan fingerprint density at radius 3 is 2.39 bits per heavy atom. The van der Waals surface area contributed by atoms with Crippen molar-refractivity contribution in [2.24, 2.45) is 0 Å². The second kappa shape index (κ2) is 8.46. The van der Waals surface area contributed by atoms with Crippen molar-refractivity contribution in [2.45, 2.75) is 39.0 Å². The lowest BCUT2D eigenvalue weighted by Crippen LogP contribution is -2.32. The molecule has 1 saturated carbocycles. The van der Waals surface area contributed by atoms with Gasteiger partial charge in [-0.1, -0.05) is 12.1 Å². The lowest BCUT2D eigenvalue weighted by molar-refractivity contribution is -0.0512. The molecule has 5 nitrogen and oxygen atoms in total. The average Bonchev–Trinajstić information content (AvgIpc) is 3.51. The van der Waals surface area contributed by atoms with Gasteiger partial charge in [0.25, 0.3) is 5.91 Å². The molecule has 3 rings (SSSR count). The maximum absolute atomic E-state index is 13.1. The topological polar surface area (TPSA) is 48.0 Å². The molecule has 2 aromatic rings. The summed E-state index contributed by atoms with van der Waals surface area (Å²) < 4.78 is 39.9. The van der Waals surface area contributed by atoms with Gasteiger partial charge < -0.3 is 19.1 Å². The quantitative estimate of drug-likeness (QED) is 0.668. The first kappa shape index (κ1) is 19.9. The van der Waals surface area contributed by atoms with E-state index in [1.165, 1.54) is 13.2 Å². The van der Waals surface area contributed by atoms with Gasteiger partial charge in [-0.15, -0.1) is 0 Å². The largest absolute Gasteiger partial charge is 0.496 e. The van der Waals surface area contributed by atoms with Crippen molar-refractivity contribution in [3.63, 3.8) is 0 Å². The van der Waals surface area contributed by atoms with Crippen LogP contribution in [0.1, 0.15) is 34.3 Å². The number of aryl methyl sites for hydroxylation is 1. The minimum atomic E-state index is -2.93. The van der Waals surface area contributed by atoms with Gasteiger partial charge in [0.1, 0.15) is 5.75 Å². The molecule has 2 aromatic carbocycles. The predicted molar refractivity (Wildman–Crippen MR) is 100 cm³/mol. The lowest BCUT2D eigenvalue weighted by atomic mass is 10.1. The highest BCUT2D eigenvalue weighted by Crippen LogP contribution is 2.34. The average molecular weight is 391 g/mol. The molecule has 7 heteroatoms. The normalized spacial score (nSPS) is 13.4. The van der Waals surface area contributed by atoms with Crippen molar-refractivity contribution in [1.82, 2.24) is 4.90 Å². The van der Waals surface area contributed by atoms with Crippen molar-refractivity contribution in [3.8, 4) is 17.2 Å². The Morgan fingerprint density at radius 2 is 1.79 bits per heavy atom. The second-order valence-electron chi connectivity index (χ2n) is 6.71. The van der Waals surface area contributed by atoms with Crippen LogP contribution in [0, 0.1) is 6.92 Å². The molecule has 150 valence electrons. The molecule has 0 bridgehead atoms. The second-order valence-corrected chi connectivity index (χ2v) is 6.71. The molecule has 1 aliphatic rings. The van der Waals surface area contributed by atoms with E-state index in [9.17, 15) is 13.6 Å². The van der Waals surface area contributed by atoms with Crippen LogP contribution in [0.5, 0.6) is 17.2 Å². The lowest BCUT2D eigenvalue weighted by Gasteiger charge is -2.23. The Morgan fingerprint density at radius 1 is 1.07 bits per heavy atom. The predicted octanol–water partition coefficient (Wildman–Crippen LogP) is 4.42. The number of benzene rings is 2. The van der Waals surface area contributed by atoms with Crippen molar-refractivity contribution >= 4 is 5.91 Å². The van der Waals surface area contributed by atoms with Crippen LogP contribution in [0.25, 0.3) is 0 Å². The van der Waals surface area contributed by atoms with Gasteiger partial charge in [0.15, 0.2) is 11.5 Å². The van der Waals surface area contributed by atoms with E-state index >= 15 is 0 Å². The fraction of sp³-hybridized carbons (Fsp3) is 0.381. The Balaban J connectivity index is 1.83. The van der Waals surface area contributed by atoms with Gasteiger partial charge >= 0.3 is 6.61 Å². The Kier molecular flexibility index (Phi) is 6.02. The number of rotatable bonds is 8. The van der Waals surface area contributed by atoms with Crippen LogP contribution in [0.2, 0.25) is 0 Å². The zero-order valence-electron chi connectivity index (χ0n) is 16.1. The highest BCUT2D eigenvalue weighted by molar-refractivity contribution is 5.95. The molecule has 1 aliphatic carbocycles. The number of ether oxygens (including phenoxy) is 3. The van der Waals surface area contributed by atoms with Gasteiger partial charge in [-0.25, -0.2) is 0 Å². The summed E-state index contributed by atoms with van der Waals surface area (Å²) >= 11 is 0. The Hall–Kier alpha value is -2.83. The van der Waals surface area contributed by atoms with Crippen LogP contribution in [0.3, 0.4) is 0 Å². The van der Waals surface area contributed by atoms with Crippen molar-refractivity contribution in [2.75, 3.05) is 14.2 Å². The highest BCUT2D eigenvalue weighted by atomic mass is 19.3. The number of alkyl halides is 2. The minimum absolute atomic E-state index is 0.0335. The van der Waals surface area contributed by atoms with E-state index in [0.717, 1.165) is 24.0 Å². The summed E-state index contributed by atoms with van der Waals surface area (Å²) in [5, 5.41) is 0. The van der Waals surface area contributed by atoms with E-state index in [1.807, 2.05) is 13.0 Å². The molecule has 0 radical (unpaired) electrons. The standard InChI is InChI=1S/C21H23F2NO4/c1-13-4-6-15(11-18(13)26-2)20(25)24(16-7-8-16)12-14-5-9-17(28-21(22)23)19(10-14)27-3/h4-6,9-11,16,21H,7-8,12H2,1-3H3. The molecular weight excluding hydrogens is 368 g/mol.